The van der Waals surface area contributed by atoms with Gasteiger partial charge in [-0.1, -0.05) is 52.3 Å². The summed E-state index contributed by atoms with van der Waals surface area (Å²) in [6, 6.07) is 25.3. The van der Waals surface area contributed by atoms with E-state index in [0.717, 1.165) is 4.68 Å². The minimum absolute atomic E-state index is 0.0856. The number of para-hydroxylation sites is 2. The Hall–Kier alpha value is -5.82. The van der Waals surface area contributed by atoms with Crippen LogP contribution in [0.5, 0.6) is 11.5 Å². The molecule has 1 amide bonds. The van der Waals surface area contributed by atoms with Crippen molar-refractivity contribution in [2.75, 3.05) is 19.0 Å². The molecule has 2 aromatic heterocycles. The number of ether oxygens (including phenoxy) is 2. The molecular formula is C32H22BrN5O7. The van der Waals surface area contributed by atoms with E-state index in [-0.39, 0.29) is 22.9 Å². The molecule has 6 aromatic rings. The Kier molecular flexibility index (Phi) is 8.08. The molecule has 0 fully saturated rings. The molecule has 13 heteroatoms. The molecule has 6 rings (SSSR count). The lowest BCUT2D eigenvalue weighted by molar-refractivity contribution is -0.385. The summed E-state index contributed by atoms with van der Waals surface area (Å²) < 4.78 is 18.6. The molecule has 12 nitrogen and oxygen atoms in total. The Morgan fingerprint density at radius 3 is 2.62 bits per heavy atom. The molecule has 1 N–H and O–H groups in total. The minimum Gasteiger partial charge on any atom is -0.496 e. The Bertz CT molecular complexity index is 2180. The van der Waals surface area contributed by atoms with Crippen molar-refractivity contribution in [1.82, 2.24) is 9.66 Å². The second-order valence-electron chi connectivity index (χ2n) is 9.60. The number of aromatic nitrogens is 2. The van der Waals surface area contributed by atoms with Crippen molar-refractivity contribution in [3.05, 3.63) is 121 Å². The van der Waals surface area contributed by atoms with Gasteiger partial charge in [0.25, 0.3) is 11.5 Å². The van der Waals surface area contributed by atoms with Crippen molar-refractivity contribution in [2.24, 2.45) is 5.10 Å². The molecule has 0 radical (unpaired) electrons. The number of nitrogens with one attached hydrogen (secondary N) is 1. The highest BCUT2D eigenvalue weighted by molar-refractivity contribution is 9.10. The number of hydrogen-bond acceptors (Lipinski definition) is 9. The number of halogens is 1. The molecule has 0 saturated heterocycles. The highest BCUT2D eigenvalue weighted by atomic mass is 79.9. The normalized spacial score (nSPS) is 11.2. The van der Waals surface area contributed by atoms with Crippen LogP contribution in [-0.4, -0.2) is 40.4 Å². The summed E-state index contributed by atoms with van der Waals surface area (Å²) in [5.74, 6) is 0.150. The van der Waals surface area contributed by atoms with Crippen molar-refractivity contribution in [2.45, 2.75) is 0 Å². The van der Waals surface area contributed by atoms with Crippen molar-refractivity contribution < 1.29 is 23.6 Å². The number of nitrogens with zero attached hydrogens (tertiary/aromatic N) is 4. The molecule has 0 aliphatic heterocycles. The van der Waals surface area contributed by atoms with Gasteiger partial charge in [0.1, 0.15) is 11.3 Å². The average molecular weight is 668 g/mol. The van der Waals surface area contributed by atoms with Gasteiger partial charge in [-0.15, -0.1) is 0 Å². The number of anilines is 1. The minimum atomic E-state index is -0.635. The van der Waals surface area contributed by atoms with Gasteiger partial charge in [0.15, 0.2) is 12.4 Å². The van der Waals surface area contributed by atoms with Crippen LogP contribution in [0.25, 0.3) is 33.5 Å². The van der Waals surface area contributed by atoms with Gasteiger partial charge in [0.2, 0.25) is 11.6 Å². The lowest BCUT2D eigenvalue weighted by Gasteiger charge is -2.11. The first-order valence-corrected chi connectivity index (χ1v) is 14.2. The third kappa shape index (κ3) is 6.01. The van der Waals surface area contributed by atoms with Crippen LogP contribution < -0.4 is 20.3 Å². The number of furan rings is 1. The molecule has 0 aliphatic carbocycles. The number of methoxy groups -OCH3 is 1. The number of carbonyl (C=O) groups excluding carboxylic acids is 1. The number of carbonyl (C=O) groups is 1. The van der Waals surface area contributed by atoms with Gasteiger partial charge < -0.3 is 19.2 Å². The number of benzene rings is 4. The topological polar surface area (TPSA) is 151 Å². The van der Waals surface area contributed by atoms with Gasteiger partial charge in [-0.25, -0.2) is 4.98 Å². The highest BCUT2D eigenvalue weighted by Crippen LogP contribution is 2.35. The molecule has 2 heterocycles. The van der Waals surface area contributed by atoms with E-state index in [0.29, 0.717) is 37.8 Å². The fourth-order valence-corrected chi connectivity index (χ4v) is 5.14. The molecule has 4 aromatic carbocycles. The molecule has 0 aliphatic rings. The van der Waals surface area contributed by atoms with Crippen LogP contribution in [0.1, 0.15) is 5.56 Å². The van der Waals surface area contributed by atoms with Crippen molar-refractivity contribution in [3.63, 3.8) is 0 Å². The van der Waals surface area contributed by atoms with E-state index in [2.05, 4.69) is 31.3 Å². The Morgan fingerprint density at radius 2 is 1.84 bits per heavy atom. The predicted octanol–water partition coefficient (Wildman–Crippen LogP) is 6.39. The highest BCUT2D eigenvalue weighted by Gasteiger charge is 2.23. The smallest absolute Gasteiger partial charge is 0.312 e. The van der Waals surface area contributed by atoms with Gasteiger partial charge in [-0.3, -0.25) is 19.7 Å². The largest absolute Gasteiger partial charge is 0.496 e. The molecule has 224 valence electrons. The molecule has 45 heavy (non-hydrogen) atoms. The molecule has 0 bridgehead atoms. The van der Waals surface area contributed by atoms with Crippen LogP contribution in [-0.2, 0) is 4.79 Å². The standard InChI is InChI=1S/C32H22BrN5O7/c1-43-26-12-7-13-27-23(26)16-28(45-27)31-36-24-11-6-5-10-22(24)32(40)37(31)34-17-19-14-20(33)15-25(38(41)42)30(19)44-18-29(39)35-21-8-3-2-4-9-21/h2-17H,18H2,1H3,(H,35,39). The third-order valence-electron chi connectivity index (χ3n) is 6.69. The van der Waals surface area contributed by atoms with E-state index in [4.69, 9.17) is 13.9 Å². The monoisotopic (exact) mass is 667 g/mol. The average Bonchev–Trinajstić information content (AvgIpc) is 3.48. The van der Waals surface area contributed by atoms with Gasteiger partial charge in [-0.2, -0.15) is 9.78 Å². The summed E-state index contributed by atoms with van der Waals surface area (Å²) in [5.41, 5.74) is 0.677. The van der Waals surface area contributed by atoms with Crippen molar-refractivity contribution in [3.8, 4) is 23.1 Å². The van der Waals surface area contributed by atoms with E-state index < -0.39 is 28.7 Å². The molecule has 0 atom stereocenters. The lowest BCUT2D eigenvalue weighted by Crippen LogP contribution is -2.21. The maximum absolute atomic E-state index is 13.7. The Morgan fingerprint density at radius 1 is 1.07 bits per heavy atom. The summed E-state index contributed by atoms with van der Waals surface area (Å²) in [5, 5.41) is 20.0. The molecular weight excluding hydrogens is 646 g/mol. The third-order valence-corrected chi connectivity index (χ3v) is 7.15. The SMILES string of the molecule is COc1cccc2oc(-c3nc4ccccc4c(=O)n3N=Cc3cc(Br)cc([N+](=O)[O-])c3OCC(=O)Nc3ccccc3)cc12. The zero-order chi connectivity index (χ0) is 31.5. The molecule has 0 saturated carbocycles. The van der Waals surface area contributed by atoms with Crippen LogP contribution >= 0.6 is 15.9 Å². The fraction of sp³-hybridized carbons (Fsp3) is 0.0625. The van der Waals surface area contributed by atoms with E-state index in [9.17, 15) is 19.7 Å². The van der Waals surface area contributed by atoms with Crippen molar-refractivity contribution in [1.29, 1.82) is 0 Å². The first-order valence-electron chi connectivity index (χ1n) is 13.4. The quantitative estimate of drug-likeness (QED) is 0.106. The zero-order valence-corrected chi connectivity index (χ0v) is 25.1. The molecule has 0 spiro atoms. The number of hydrogen-bond donors (Lipinski definition) is 1. The first kappa shape index (κ1) is 29.3. The lowest BCUT2D eigenvalue weighted by atomic mass is 10.2. The Labute approximate surface area is 262 Å². The van der Waals surface area contributed by atoms with E-state index in [1.54, 1.807) is 78.9 Å². The van der Waals surface area contributed by atoms with Gasteiger partial charge in [0, 0.05) is 21.8 Å². The van der Waals surface area contributed by atoms with Crippen LogP contribution in [0.15, 0.2) is 110 Å². The number of nitro benzene ring substituents is 1. The van der Waals surface area contributed by atoms with E-state index >= 15 is 0 Å². The number of nitro groups is 1. The second kappa shape index (κ2) is 12.4. The van der Waals surface area contributed by atoms with Crippen LogP contribution in [0, 0.1) is 10.1 Å². The van der Waals surface area contributed by atoms with E-state index in [1.807, 2.05) is 0 Å². The zero-order valence-electron chi connectivity index (χ0n) is 23.5. The number of amides is 1. The maximum atomic E-state index is 13.7. The van der Waals surface area contributed by atoms with Gasteiger partial charge in [0.05, 0.1) is 34.5 Å². The first-order chi connectivity index (χ1) is 21.8. The van der Waals surface area contributed by atoms with Gasteiger partial charge >= 0.3 is 5.69 Å². The summed E-state index contributed by atoms with van der Waals surface area (Å²) in [4.78, 5) is 42.3. The van der Waals surface area contributed by atoms with Crippen molar-refractivity contribution >= 4 is 61.3 Å². The van der Waals surface area contributed by atoms with Gasteiger partial charge in [-0.05, 0) is 48.5 Å². The summed E-state index contributed by atoms with van der Waals surface area (Å²) in [7, 11) is 1.54. The van der Waals surface area contributed by atoms with Crippen LogP contribution in [0.4, 0.5) is 11.4 Å². The summed E-state index contributed by atoms with van der Waals surface area (Å²) in [6.45, 7) is -0.526. The Balaban J connectivity index is 1.44. The van der Waals surface area contributed by atoms with Crippen LogP contribution in [0.3, 0.4) is 0 Å². The maximum Gasteiger partial charge on any atom is 0.312 e. The van der Waals surface area contributed by atoms with Crippen LogP contribution in [0.2, 0.25) is 0 Å². The predicted molar refractivity (Wildman–Crippen MR) is 172 cm³/mol. The second-order valence-corrected chi connectivity index (χ2v) is 10.5. The molecule has 0 unspecified atom stereocenters. The summed E-state index contributed by atoms with van der Waals surface area (Å²) >= 11 is 3.29. The van der Waals surface area contributed by atoms with E-state index in [1.165, 1.54) is 25.5 Å². The number of rotatable bonds is 9. The fourth-order valence-electron chi connectivity index (χ4n) is 4.68. The number of fused-ring (bicyclic) bond motifs is 2. The summed E-state index contributed by atoms with van der Waals surface area (Å²) in [6.07, 6.45) is 1.23.